The fraction of sp³-hybridized carbons (Fsp3) is 0.130. The van der Waals surface area contributed by atoms with Gasteiger partial charge in [-0.3, -0.25) is 4.98 Å². The third-order valence-corrected chi connectivity index (χ3v) is 4.73. The molecule has 1 aromatic heterocycles. The summed E-state index contributed by atoms with van der Waals surface area (Å²) in [6.45, 7) is 1.76. The number of hydrogen-bond donors (Lipinski definition) is 1. The zero-order valence-corrected chi connectivity index (χ0v) is 15.1. The second-order valence-electron chi connectivity index (χ2n) is 6.71. The van der Waals surface area contributed by atoms with Crippen LogP contribution in [-0.4, -0.2) is 11.1 Å². The first kappa shape index (κ1) is 17.7. The van der Waals surface area contributed by atoms with Crippen molar-refractivity contribution in [3.05, 3.63) is 101 Å². The highest BCUT2D eigenvalue weighted by atomic mass is 19.1. The maximum absolute atomic E-state index is 13.8. The SMILES string of the molecule is C[C@]1(c2cccc(F)c2)OC(=O)N[C@@H]1c1cncc(C#Cc2ccccc2)c1. The number of pyridine rings is 1. The fourth-order valence-corrected chi connectivity index (χ4v) is 3.31. The summed E-state index contributed by atoms with van der Waals surface area (Å²) < 4.78 is 19.3. The van der Waals surface area contributed by atoms with Crippen LogP contribution in [0, 0.1) is 17.7 Å². The molecular formula is C23H17FN2O2. The zero-order valence-electron chi connectivity index (χ0n) is 15.1. The van der Waals surface area contributed by atoms with E-state index in [-0.39, 0.29) is 5.82 Å². The number of nitrogens with zero attached hydrogens (tertiary/aromatic N) is 1. The molecule has 0 aliphatic carbocycles. The van der Waals surface area contributed by atoms with Gasteiger partial charge in [0.25, 0.3) is 0 Å². The summed E-state index contributed by atoms with van der Waals surface area (Å²) in [6.07, 6.45) is 2.76. The molecule has 1 amide bonds. The summed E-state index contributed by atoms with van der Waals surface area (Å²) in [6, 6.07) is 17.0. The van der Waals surface area contributed by atoms with Crippen LogP contribution in [0.15, 0.2) is 73.1 Å². The van der Waals surface area contributed by atoms with Crippen molar-refractivity contribution in [1.82, 2.24) is 10.3 Å². The standard InChI is InChI=1S/C23H17FN2O2/c1-23(19-8-5-9-20(24)13-19)21(26-22(27)28-23)18-12-17(14-25-15-18)11-10-16-6-3-2-4-7-16/h2-9,12-15,21H,1H3,(H,26,27)/t21-,23-/m1/s1. The second-order valence-corrected chi connectivity index (χ2v) is 6.71. The number of carbonyl (C=O) groups excluding carboxylic acids is 1. The second kappa shape index (κ2) is 7.16. The topological polar surface area (TPSA) is 51.2 Å². The molecule has 0 radical (unpaired) electrons. The number of rotatable bonds is 2. The van der Waals surface area contributed by atoms with Crippen molar-refractivity contribution in [3.8, 4) is 11.8 Å². The van der Waals surface area contributed by atoms with Crippen LogP contribution in [0.5, 0.6) is 0 Å². The molecule has 1 aliphatic rings. The number of ether oxygens (including phenoxy) is 1. The third kappa shape index (κ3) is 3.45. The Labute approximate surface area is 162 Å². The summed E-state index contributed by atoms with van der Waals surface area (Å²) in [7, 11) is 0. The van der Waals surface area contributed by atoms with Crippen molar-refractivity contribution < 1.29 is 13.9 Å². The van der Waals surface area contributed by atoms with Crippen molar-refractivity contribution in [2.24, 2.45) is 0 Å². The van der Waals surface area contributed by atoms with Gasteiger partial charge in [-0.15, -0.1) is 0 Å². The largest absolute Gasteiger partial charge is 0.436 e. The van der Waals surface area contributed by atoms with Crippen LogP contribution in [0.4, 0.5) is 9.18 Å². The maximum Gasteiger partial charge on any atom is 0.408 e. The molecular weight excluding hydrogens is 355 g/mol. The van der Waals surface area contributed by atoms with E-state index in [4.69, 9.17) is 4.74 Å². The van der Waals surface area contributed by atoms with E-state index in [0.717, 1.165) is 11.1 Å². The average Bonchev–Trinajstić information content (AvgIpc) is 3.03. The van der Waals surface area contributed by atoms with E-state index in [9.17, 15) is 9.18 Å². The summed E-state index contributed by atoms with van der Waals surface area (Å²) in [5.41, 5.74) is 1.85. The van der Waals surface area contributed by atoms with Crippen LogP contribution in [-0.2, 0) is 10.3 Å². The van der Waals surface area contributed by atoms with E-state index < -0.39 is 17.7 Å². The van der Waals surface area contributed by atoms with Gasteiger partial charge >= 0.3 is 6.09 Å². The molecule has 3 aromatic rings. The maximum atomic E-state index is 13.8. The number of alkyl carbamates (subject to hydrolysis) is 1. The van der Waals surface area contributed by atoms with Gasteiger partial charge in [-0.1, -0.05) is 42.2 Å². The minimum Gasteiger partial charge on any atom is -0.436 e. The highest BCUT2D eigenvalue weighted by Gasteiger charge is 2.47. The number of amides is 1. The van der Waals surface area contributed by atoms with Crippen molar-refractivity contribution in [3.63, 3.8) is 0 Å². The van der Waals surface area contributed by atoms with E-state index in [2.05, 4.69) is 22.1 Å². The number of halogens is 1. The Balaban J connectivity index is 1.70. The number of nitrogens with one attached hydrogen (secondary N) is 1. The van der Waals surface area contributed by atoms with Gasteiger partial charge in [0.2, 0.25) is 0 Å². The number of carbonyl (C=O) groups is 1. The lowest BCUT2D eigenvalue weighted by molar-refractivity contribution is 0.0491. The molecule has 1 saturated heterocycles. The molecule has 2 atom stereocenters. The molecule has 0 saturated carbocycles. The molecule has 28 heavy (non-hydrogen) atoms. The molecule has 1 fully saturated rings. The minimum atomic E-state index is -1.06. The highest BCUT2D eigenvalue weighted by molar-refractivity contribution is 5.72. The molecule has 0 bridgehead atoms. The van der Waals surface area contributed by atoms with E-state index in [1.165, 1.54) is 12.1 Å². The highest BCUT2D eigenvalue weighted by Crippen LogP contribution is 2.42. The lowest BCUT2D eigenvalue weighted by Crippen LogP contribution is -2.31. The summed E-state index contributed by atoms with van der Waals surface area (Å²) in [5.74, 6) is 5.79. The Morgan fingerprint density at radius 3 is 2.61 bits per heavy atom. The predicted molar refractivity (Wildman–Crippen MR) is 103 cm³/mol. The minimum absolute atomic E-state index is 0.388. The van der Waals surface area contributed by atoms with Gasteiger partial charge in [0.05, 0.1) is 0 Å². The molecule has 1 aliphatic heterocycles. The van der Waals surface area contributed by atoms with Gasteiger partial charge in [-0.25, -0.2) is 9.18 Å². The first-order chi connectivity index (χ1) is 13.5. The van der Waals surface area contributed by atoms with Crippen molar-refractivity contribution in [1.29, 1.82) is 0 Å². The Kier molecular flexibility index (Phi) is 4.54. The molecule has 4 nitrogen and oxygen atoms in total. The van der Waals surface area contributed by atoms with Gasteiger partial charge in [0, 0.05) is 29.1 Å². The zero-order chi connectivity index (χ0) is 19.6. The van der Waals surface area contributed by atoms with Crippen LogP contribution in [0.2, 0.25) is 0 Å². The quantitative estimate of drug-likeness (QED) is 0.682. The number of aromatic nitrogens is 1. The van der Waals surface area contributed by atoms with Gasteiger partial charge in [0.1, 0.15) is 11.9 Å². The molecule has 4 rings (SSSR count). The fourth-order valence-electron chi connectivity index (χ4n) is 3.31. The monoisotopic (exact) mass is 372 g/mol. The van der Waals surface area contributed by atoms with Crippen LogP contribution in [0.1, 0.15) is 35.2 Å². The molecule has 2 heterocycles. The summed E-state index contributed by atoms with van der Waals surface area (Å²) in [4.78, 5) is 16.3. The molecule has 1 N–H and O–H groups in total. The average molecular weight is 372 g/mol. The lowest BCUT2D eigenvalue weighted by atomic mass is 9.85. The van der Waals surface area contributed by atoms with E-state index in [0.29, 0.717) is 11.1 Å². The van der Waals surface area contributed by atoms with E-state index in [1.807, 2.05) is 36.4 Å². The summed E-state index contributed by atoms with van der Waals surface area (Å²) >= 11 is 0. The normalized spacial score (nSPS) is 20.6. The first-order valence-corrected chi connectivity index (χ1v) is 8.82. The van der Waals surface area contributed by atoms with Gasteiger partial charge < -0.3 is 10.1 Å². The number of benzene rings is 2. The predicted octanol–water partition coefficient (Wildman–Crippen LogP) is 4.32. The Hall–Kier alpha value is -3.65. The van der Waals surface area contributed by atoms with Gasteiger partial charge in [-0.2, -0.15) is 0 Å². The molecule has 0 spiro atoms. The van der Waals surface area contributed by atoms with Crippen LogP contribution in [0.25, 0.3) is 0 Å². The third-order valence-electron chi connectivity index (χ3n) is 4.73. The van der Waals surface area contributed by atoms with Crippen LogP contribution in [0.3, 0.4) is 0 Å². The van der Waals surface area contributed by atoms with E-state index >= 15 is 0 Å². The Morgan fingerprint density at radius 2 is 1.82 bits per heavy atom. The van der Waals surface area contributed by atoms with Crippen molar-refractivity contribution >= 4 is 6.09 Å². The van der Waals surface area contributed by atoms with Crippen LogP contribution < -0.4 is 5.32 Å². The Bertz CT molecular complexity index is 1090. The van der Waals surface area contributed by atoms with Crippen LogP contribution >= 0.6 is 0 Å². The smallest absolute Gasteiger partial charge is 0.408 e. The lowest BCUT2D eigenvalue weighted by Gasteiger charge is -2.29. The molecule has 0 unspecified atom stereocenters. The first-order valence-electron chi connectivity index (χ1n) is 8.82. The van der Waals surface area contributed by atoms with Crippen molar-refractivity contribution in [2.75, 3.05) is 0 Å². The number of cyclic esters (lactones) is 1. The molecule has 138 valence electrons. The van der Waals surface area contributed by atoms with E-state index in [1.54, 1.807) is 31.5 Å². The van der Waals surface area contributed by atoms with Gasteiger partial charge in [-0.05, 0) is 42.8 Å². The molecule has 2 aromatic carbocycles. The number of hydrogen-bond acceptors (Lipinski definition) is 3. The molecule has 5 heteroatoms. The van der Waals surface area contributed by atoms with Gasteiger partial charge in [0.15, 0.2) is 5.60 Å². The Morgan fingerprint density at radius 1 is 1.04 bits per heavy atom. The summed E-state index contributed by atoms with van der Waals surface area (Å²) in [5, 5.41) is 2.81. The van der Waals surface area contributed by atoms with Crippen molar-refractivity contribution in [2.45, 2.75) is 18.6 Å².